The van der Waals surface area contributed by atoms with Crippen LogP contribution in [0.25, 0.3) is 0 Å². The average Bonchev–Trinajstić information content (AvgIpc) is 3.27. The van der Waals surface area contributed by atoms with Gasteiger partial charge in [0.05, 0.1) is 19.3 Å². The fraction of sp³-hybridized carbons (Fsp3) is 0.758. The number of aliphatic hydroxyl groups excluding tert-OH is 2. The van der Waals surface area contributed by atoms with E-state index in [9.17, 15) is 49.6 Å². The molecule has 51 heavy (non-hydrogen) atoms. The van der Waals surface area contributed by atoms with E-state index >= 15 is 8.78 Å². The third-order valence-corrected chi connectivity index (χ3v) is 11.3. The lowest BCUT2D eigenvalue weighted by molar-refractivity contribution is -0.757. The molecule has 9 atom stereocenters. The molecule has 18 heteroatoms. The van der Waals surface area contributed by atoms with Crippen molar-refractivity contribution in [2.24, 2.45) is 22.7 Å². The van der Waals surface area contributed by atoms with E-state index in [0.717, 1.165) is 12.2 Å². The Morgan fingerprint density at radius 2 is 1.49 bits per heavy atom. The van der Waals surface area contributed by atoms with Gasteiger partial charge in [-0.05, 0) is 75.5 Å². The maximum absolute atomic E-state index is 17.6. The highest BCUT2D eigenvalue weighted by Gasteiger charge is 2.78. The second-order valence-corrected chi connectivity index (χ2v) is 14.1. The van der Waals surface area contributed by atoms with Crippen LogP contribution in [0.3, 0.4) is 0 Å². The topological polar surface area (TPSA) is 232 Å². The molecule has 0 radical (unpaired) electrons. The molecule has 0 saturated heterocycles. The van der Waals surface area contributed by atoms with Crippen molar-refractivity contribution in [3.8, 4) is 0 Å². The summed E-state index contributed by atoms with van der Waals surface area (Å²) in [6.07, 6.45) is -2.33. The molecule has 284 valence electrons. The highest BCUT2D eigenvalue weighted by Crippen LogP contribution is 2.70. The van der Waals surface area contributed by atoms with E-state index in [2.05, 4.69) is 9.68 Å². The minimum Gasteiger partial charge on any atom is -0.457 e. The predicted molar refractivity (Wildman–Crippen MR) is 168 cm³/mol. The Bertz CT molecular complexity index is 1460. The SMILES string of the molecule is C[C@]12C=CC(=O)C=C1[C@@H](F)CC1C3C[C@@H](O)[C@](OC(=O)CCCCCO[N+](=O)[O-])(C(=O)COC(=O)CCCCCO[N+](=O)[O-])[C@@]3(C)C[C@H](O)[C@@]12F. The van der Waals surface area contributed by atoms with Gasteiger partial charge in [-0.25, -0.2) is 8.78 Å². The van der Waals surface area contributed by atoms with Gasteiger partial charge in [0.25, 0.3) is 10.2 Å². The number of rotatable bonds is 18. The maximum atomic E-state index is 17.6. The lowest BCUT2D eigenvalue weighted by Gasteiger charge is -2.63. The van der Waals surface area contributed by atoms with Crippen LogP contribution in [0, 0.1) is 42.9 Å². The zero-order valence-corrected chi connectivity index (χ0v) is 28.5. The van der Waals surface area contributed by atoms with Gasteiger partial charge in [0, 0.05) is 29.6 Å². The van der Waals surface area contributed by atoms with Gasteiger partial charge >= 0.3 is 11.9 Å². The van der Waals surface area contributed by atoms with Crippen LogP contribution in [0.15, 0.2) is 23.8 Å². The highest BCUT2D eigenvalue weighted by molar-refractivity contribution is 6.01. The molecule has 16 nitrogen and oxygen atoms in total. The number of ether oxygens (including phenoxy) is 2. The lowest BCUT2D eigenvalue weighted by atomic mass is 9.44. The van der Waals surface area contributed by atoms with Crippen molar-refractivity contribution in [1.29, 1.82) is 0 Å². The fourth-order valence-corrected chi connectivity index (χ4v) is 8.88. The molecule has 0 aliphatic heterocycles. The average molecular weight is 731 g/mol. The van der Waals surface area contributed by atoms with Crippen molar-refractivity contribution >= 4 is 23.5 Å². The van der Waals surface area contributed by atoms with Crippen LogP contribution in [0.1, 0.15) is 84.5 Å². The Hall–Kier alpha value is -4.06. The molecular weight excluding hydrogens is 686 g/mol. The van der Waals surface area contributed by atoms with Crippen LogP contribution < -0.4 is 0 Å². The summed E-state index contributed by atoms with van der Waals surface area (Å²) >= 11 is 0. The van der Waals surface area contributed by atoms with Crippen LogP contribution in [0.2, 0.25) is 0 Å². The Kier molecular flexibility index (Phi) is 12.2. The molecule has 0 aromatic carbocycles. The summed E-state index contributed by atoms with van der Waals surface area (Å²) in [5.74, 6) is -5.67. The van der Waals surface area contributed by atoms with Crippen molar-refractivity contribution in [2.45, 2.75) is 114 Å². The quantitative estimate of drug-likeness (QED) is 0.0893. The number of esters is 2. The van der Waals surface area contributed by atoms with Gasteiger partial charge in [0.2, 0.25) is 11.4 Å². The van der Waals surface area contributed by atoms with Crippen LogP contribution in [0.5, 0.6) is 0 Å². The number of aliphatic hydroxyl groups is 2. The summed E-state index contributed by atoms with van der Waals surface area (Å²) in [5.41, 5.74) is -8.55. The minimum absolute atomic E-state index is 0.121. The van der Waals surface area contributed by atoms with E-state index in [0.29, 0.717) is 12.8 Å². The monoisotopic (exact) mass is 730 g/mol. The van der Waals surface area contributed by atoms with Crippen LogP contribution in [-0.2, 0) is 38.3 Å². The molecule has 0 bridgehead atoms. The molecular formula is C33H44F2N2O14. The fourth-order valence-electron chi connectivity index (χ4n) is 8.88. The van der Waals surface area contributed by atoms with Gasteiger partial charge in [-0.2, -0.15) is 0 Å². The van der Waals surface area contributed by atoms with E-state index in [1.54, 1.807) is 0 Å². The first-order valence-electron chi connectivity index (χ1n) is 17.0. The summed E-state index contributed by atoms with van der Waals surface area (Å²) < 4.78 is 44.6. The zero-order chi connectivity index (χ0) is 37.8. The Morgan fingerprint density at radius 3 is 2.08 bits per heavy atom. The van der Waals surface area contributed by atoms with Crippen LogP contribution in [-0.4, -0.2) is 93.4 Å². The number of carbonyl (C=O) groups excluding carboxylic acids is 4. The van der Waals surface area contributed by atoms with Gasteiger partial charge < -0.3 is 29.4 Å². The molecule has 0 amide bonds. The zero-order valence-electron chi connectivity index (χ0n) is 28.5. The number of Topliss-reactive ketones (excluding diaryl/α,β-unsaturated/α-hetero) is 1. The Labute approximate surface area is 291 Å². The lowest BCUT2D eigenvalue weighted by Crippen LogP contribution is -2.71. The first kappa shape index (κ1) is 39.7. The normalized spacial score (nSPS) is 35.1. The third kappa shape index (κ3) is 7.47. The summed E-state index contributed by atoms with van der Waals surface area (Å²) in [7, 11) is 0. The van der Waals surface area contributed by atoms with Gasteiger partial charge in [-0.15, -0.1) is 20.2 Å². The summed E-state index contributed by atoms with van der Waals surface area (Å²) in [6, 6.07) is 0. The molecule has 2 N–H and O–H groups in total. The van der Waals surface area contributed by atoms with Crippen LogP contribution in [0.4, 0.5) is 8.78 Å². The molecule has 4 rings (SSSR count). The first-order valence-corrected chi connectivity index (χ1v) is 17.0. The van der Waals surface area contributed by atoms with Gasteiger partial charge in [-0.3, -0.25) is 19.2 Å². The third-order valence-electron chi connectivity index (χ3n) is 11.3. The molecule has 3 saturated carbocycles. The van der Waals surface area contributed by atoms with E-state index in [1.165, 1.54) is 19.9 Å². The van der Waals surface area contributed by atoms with Crippen molar-refractivity contribution in [3.05, 3.63) is 44.0 Å². The van der Waals surface area contributed by atoms with Crippen molar-refractivity contribution in [2.75, 3.05) is 19.8 Å². The van der Waals surface area contributed by atoms with E-state index in [1.807, 2.05) is 0 Å². The van der Waals surface area contributed by atoms with Crippen molar-refractivity contribution in [1.82, 2.24) is 0 Å². The number of carbonyl (C=O) groups is 4. The Morgan fingerprint density at radius 1 is 0.902 bits per heavy atom. The van der Waals surface area contributed by atoms with Gasteiger partial charge in [0.1, 0.15) is 12.3 Å². The van der Waals surface area contributed by atoms with Gasteiger partial charge in [0.15, 0.2) is 18.1 Å². The van der Waals surface area contributed by atoms with Crippen molar-refractivity contribution < 1.29 is 67.5 Å². The summed E-state index contributed by atoms with van der Waals surface area (Å²) in [4.78, 5) is 81.3. The number of hydrogen-bond donors (Lipinski definition) is 2. The summed E-state index contributed by atoms with van der Waals surface area (Å²) in [6.45, 7) is 1.51. The predicted octanol–water partition coefficient (Wildman–Crippen LogP) is 3.21. The number of allylic oxidation sites excluding steroid dienone is 4. The second kappa shape index (κ2) is 15.7. The number of hydrogen-bond acceptors (Lipinski definition) is 14. The maximum Gasteiger partial charge on any atom is 0.306 e. The van der Waals surface area contributed by atoms with Gasteiger partial charge in [-0.1, -0.05) is 25.8 Å². The molecule has 3 fully saturated rings. The summed E-state index contributed by atoms with van der Waals surface area (Å²) in [5, 5.41) is 42.1. The molecule has 0 heterocycles. The molecule has 4 aliphatic carbocycles. The molecule has 4 aliphatic rings. The second-order valence-electron chi connectivity index (χ2n) is 14.1. The minimum atomic E-state index is -2.55. The van der Waals surface area contributed by atoms with Crippen LogP contribution >= 0.6 is 0 Å². The number of ketones is 2. The molecule has 0 aromatic heterocycles. The number of alkyl halides is 2. The number of nitrogens with zero attached hydrogens (tertiary/aromatic N) is 2. The largest absolute Gasteiger partial charge is 0.457 e. The molecule has 2 unspecified atom stereocenters. The standard InChI is InChI=1S/C33H44F2N2O14/c1-30-12-11-20(38)15-23(30)24(34)16-22-21-17-25(39)33(31(21,2)18-26(40)32(22,30)35,51-29(43)10-6-4-8-14-50-37(46)47)27(41)19-48-28(42)9-5-3-7-13-49-36(44)45/h11-12,15,21-22,24-26,39-40H,3-10,13-14,16-19H2,1-2H3/t21?,22?,24-,25+,26-,30-,31-,32-,33-/m0/s1. The molecule has 0 spiro atoms. The van der Waals surface area contributed by atoms with E-state index < -0.39 is 105 Å². The first-order chi connectivity index (χ1) is 23.9. The number of fused-ring (bicyclic) bond motifs is 5. The van der Waals surface area contributed by atoms with Crippen molar-refractivity contribution in [3.63, 3.8) is 0 Å². The number of unbranched alkanes of at least 4 members (excludes halogenated alkanes) is 4. The highest BCUT2D eigenvalue weighted by atomic mass is 19.1. The van der Waals surface area contributed by atoms with E-state index in [4.69, 9.17) is 9.47 Å². The van der Waals surface area contributed by atoms with E-state index in [-0.39, 0.29) is 63.7 Å². The molecule has 0 aromatic rings. The smallest absolute Gasteiger partial charge is 0.306 e. The number of halogens is 2. The Balaban J connectivity index is 1.58.